The Bertz CT molecular complexity index is 1430. The molecule has 0 saturated heterocycles. The molecule has 0 bridgehead atoms. The van der Waals surface area contributed by atoms with E-state index >= 15 is 0 Å². The maximum Gasteiger partial charge on any atom is 0.332 e. The van der Waals surface area contributed by atoms with E-state index in [1.807, 2.05) is 37.3 Å². The summed E-state index contributed by atoms with van der Waals surface area (Å²) in [4.78, 5) is 46.8. The maximum absolute atomic E-state index is 12.9. The van der Waals surface area contributed by atoms with Crippen LogP contribution in [-0.4, -0.2) is 41.0 Å². The van der Waals surface area contributed by atoms with E-state index in [9.17, 15) is 14.4 Å². The van der Waals surface area contributed by atoms with Gasteiger partial charge in [-0.15, -0.1) is 10.2 Å². The Hall–Kier alpha value is -3.38. The van der Waals surface area contributed by atoms with E-state index in [2.05, 4.69) is 25.5 Å². The number of benzene rings is 1. The van der Waals surface area contributed by atoms with Crippen LogP contribution in [0.3, 0.4) is 0 Å². The van der Waals surface area contributed by atoms with Gasteiger partial charge >= 0.3 is 5.69 Å². The third-order valence-corrected chi connectivity index (χ3v) is 6.61. The average molecular weight is 470 g/mol. The fourth-order valence-corrected chi connectivity index (χ4v) is 4.50. The van der Waals surface area contributed by atoms with E-state index < -0.39 is 11.2 Å². The lowest BCUT2D eigenvalue weighted by Crippen LogP contribution is -2.37. The standard InChI is InChI=1S/C20H19N7O3S2/c1-4-13-24-25-19(32-13)21-12(28)10-31-17-14-16(26(2)20(30)27(3)18(14)29)22-15(23-17)11-8-6-5-7-9-11/h5-9H,4,10H2,1-3H3,(H,21,25,28). The van der Waals surface area contributed by atoms with Gasteiger partial charge < -0.3 is 0 Å². The molecule has 4 rings (SSSR count). The topological polar surface area (TPSA) is 125 Å². The van der Waals surface area contributed by atoms with Gasteiger partial charge in [-0.25, -0.2) is 14.8 Å². The second-order valence-electron chi connectivity index (χ2n) is 6.81. The highest BCUT2D eigenvalue weighted by atomic mass is 32.2. The van der Waals surface area contributed by atoms with Crippen molar-refractivity contribution < 1.29 is 4.79 Å². The molecule has 12 heteroatoms. The third kappa shape index (κ3) is 4.18. The molecule has 0 radical (unpaired) electrons. The molecule has 0 atom stereocenters. The zero-order chi connectivity index (χ0) is 22.8. The molecule has 3 aromatic heterocycles. The molecule has 0 saturated carbocycles. The first-order valence-corrected chi connectivity index (χ1v) is 11.5. The molecule has 1 N–H and O–H groups in total. The largest absolute Gasteiger partial charge is 0.332 e. The van der Waals surface area contributed by atoms with Gasteiger partial charge in [0.25, 0.3) is 5.56 Å². The van der Waals surface area contributed by atoms with Crippen LogP contribution in [0.2, 0.25) is 0 Å². The molecule has 164 valence electrons. The number of hydrogen-bond acceptors (Lipinski definition) is 9. The van der Waals surface area contributed by atoms with Gasteiger partial charge in [0.15, 0.2) is 11.5 Å². The summed E-state index contributed by atoms with van der Waals surface area (Å²) in [7, 11) is 2.95. The molecule has 0 unspecified atom stereocenters. The molecule has 0 aliphatic rings. The van der Waals surface area contributed by atoms with Crippen molar-refractivity contribution in [3.8, 4) is 11.4 Å². The molecule has 0 spiro atoms. The van der Waals surface area contributed by atoms with Gasteiger partial charge in [0, 0.05) is 19.7 Å². The molecular formula is C20H19N7O3S2. The molecule has 0 fully saturated rings. The number of nitrogens with zero attached hydrogens (tertiary/aromatic N) is 6. The lowest BCUT2D eigenvalue weighted by atomic mass is 10.2. The van der Waals surface area contributed by atoms with Gasteiger partial charge in [-0.05, 0) is 6.42 Å². The van der Waals surface area contributed by atoms with E-state index in [4.69, 9.17) is 0 Å². The van der Waals surface area contributed by atoms with Gasteiger partial charge in [-0.3, -0.25) is 24.0 Å². The molecule has 1 aromatic carbocycles. The summed E-state index contributed by atoms with van der Waals surface area (Å²) in [6.45, 7) is 1.96. The second-order valence-corrected chi connectivity index (χ2v) is 8.84. The summed E-state index contributed by atoms with van der Waals surface area (Å²) >= 11 is 2.41. The van der Waals surface area contributed by atoms with Gasteiger partial charge in [0.05, 0.1) is 5.75 Å². The van der Waals surface area contributed by atoms with Crippen molar-refractivity contribution in [3.63, 3.8) is 0 Å². The van der Waals surface area contributed by atoms with Crippen molar-refractivity contribution in [1.82, 2.24) is 29.3 Å². The minimum absolute atomic E-state index is 0.00657. The van der Waals surface area contributed by atoms with Crippen LogP contribution in [0.4, 0.5) is 5.13 Å². The van der Waals surface area contributed by atoms with Crippen LogP contribution in [0.15, 0.2) is 44.9 Å². The van der Waals surface area contributed by atoms with Crippen molar-refractivity contribution in [3.05, 3.63) is 56.2 Å². The van der Waals surface area contributed by atoms with Crippen LogP contribution in [0.25, 0.3) is 22.4 Å². The number of hydrogen-bond donors (Lipinski definition) is 1. The molecule has 0 aliphatic heterocycles. The van der Waals surface area contributed by atoms with Crippen LogP contribution in [0.1, 0.15) is 11.9 Å². The highest BCUT2D eigenvalue weighted by molar-refractivity contribution is 8.00. The number of fused-ring (bicyclic) bond motifs is 1. The summed E-state index contributed by atoms with van der Waals surface area (Å²) in [6, 6.07) is 9.23. The maximum atomic E-state index is 12.9. The summed E-state index contributed by atoms with van der Waals surface area (Å²) in [5.41, 5.74) is -0.0550. The number of thioether (sulfide) groups is 1. The number of amides is 1. The number of rotatable bonds is 6. The van der Waals surface area contributed by atoms with E-state index in [-0.39, 0.29) is 22.7 Å². The number of carbonyl (C=O) groups is 1. The SMILES string of the molecule is CCc1nnc(NC(=O)CSc2nc(-c3ccccc3)nc3c2c(=O)n(C)c(=O)n3C)s1. The Morgan fingerprint density at radius 3 is 2.53 bits per heavy atom. The van der Waals surface area contributed by atoms with Crippen LogP contribution < -0.4 is 16.6 Å². The Balaban J connectivity index is 1.74. The smallest absolute Gasteiger partial charge is 0.300 e. The van der Waals surface area contributed by atoms with Crippen LogP contribution >= 0.6 is 23.1 Å². The lowest BCUT2D eigenvalue weighted by Gasteiger charge is -2.12. The van der Waals surface area contributed by atoms with E-state index in [0.29, 0.717) is 16.0 Å². The zero-order valence-corrected chi connectivity index (χ0v) is 19.2. The molecule has 32 heavy (non-hydrogen) atoms. The van der Waals surface area contributed by atoms with Crippen molar-refractivity contribution in [1.29, 1.82) is 0 Å². The molecule has 3 heterocycles. The predicted molar refractivity (Wildman–Crippen MR) is 124 cm³/mol. The first-order valence-electron chi connectivity index (χ1n) is 9.67. The van der Waals surface area contributed by atoms with Crippen molar-refractivity contribution in [2.24, 2.45) is 14.1 Å². The Morgan fingerprint density at radius 2 is 1.84 bits per heavy atom. The number of carbonyl (C=O) groups excluding carboxylic acids is 1. The third-order valence-electron chi connectivity index (χ3n) is 4.65. The van der Waals surface area contributed by atoms with Gasteiger partial charge in [0.1, 0.15) is 15.4 Å². The molecular weight excluding hydrogens is 450 g/mol. The zero-order valence-electron chi connectivity index (χ0n) is 17.5. The Morgan fingerprint density at radius 1 is 1.09 bits per heavy atom. The van der Waals surface area contributed by atoms with Gasteiger partial charge in [-0.1, -0.05) is 60.4 Å². The second kappa shape index (κ2) is 9.01. The minimum Gasteiger partial charge on any atom is -0.300 e. The summed E-state index contributed by atoms with van der Waals surface area (Å²) in [6.07, 6.45) is 0.736. The number of aromatic nitrogens is 6. The monoisotopic (exact) mass is 469 g/mol. The van der Waals surface area contributed by atoms with Crippen molar-refractivity contribution >= 4 is 45.2 Å². The Labute approximate surface area is 190 Å². The highest BCUT2D eigenvalue weighted by Gasteiger charge is 2.19. The quantitative estimate of drug-likeness (QED) is 0.335. The lowest BCUT2D eigenvalue weighted by molar-refractivity contribution is -0.113. The summed E-state index contributed by atoms with van der Waals surface area (Å²) in [5.74, 6) is 0.0531. The van der Waals surface area contributed by atoms with Gasteiger partial charge in [-0.2, -0.15) is 0 Å². The Kier molecular flexibility index (Phi) is 6.15. The minimum atomic E-state index is -0.512. The van der Waals surface area contributed by atoms with Gasteiger partial charge in [0.2, 0.25) is 11.0 Å². The van der Waals surface area contributed by atoms with Crippen LogP contribution in [0.5, 0.6) is 0 Å². The molecule has 4 aromatic rings. The van der Waals surface area contributed by atoms with E-state index in [1.54, 1.807) is 7.05 Å². The van der Waals surface area contributed by atoms with Crippen LogP contribution in [0, 0.1) is 0 Å². The first kappa shape index (κ1) is 21.8. The van der Waals surface area contributed by atoms with Crippen molar-refractivity contribution in [2.45, 2.75) is 18.4 Å². The summed E-state index contributed by atoms with van der Waals surface area (Å²) < 4.78 is 2.31. The number of aryl methyl sites for hydroxylation is 2. The number of anilines is 1. The molecule has 10 nitrogen and oxygen atoms in total. The fraction of sp³-hybridized carbons (Fsp3) is 0.250. The van der Waals surface area contributed by atoms with E-state index in [1.165, 1.54) is 23.0 Å². The normalized spacial score (nSPS) is 11.1. The predicted octanol–water partition coefficient (Wildman–Crippen LogP) is 1.84. The summed E-state index contributed by atoms with van der Waals surface area (Å²) in [5, 5.41) is 12.4. The molecule has 0 aliphatic carbocycles. The van der Waals surface area contributed by atoms with E-state index in [0.717, 1.165) is 33.3 Å². The number of nitrogens with one attached hydrogen (secondary N) is 1. The van der Waals surface area contributed by atoms with Crippen LogP contribution in [-0.2, 0) is 25.3 Å². The fourth-order valence-electron chi connectivity index (χ4n) is 2.99. The highest BCUT2D eigenvalue weighted by Crippen LogP contribution is 2.26. The average Bonchev–Trinajstić information content (AvgIpc) is 3.27. The molecule has 1 amide bonds. The first-order chi connectivity index (χ1) is 15.4. The van der Waals surface area contributed by atoms with Crippen molar-refractivity contribution in [2.75, 3.05) is 11.1 Å².